The van der Waals surface area contributed by atoms with E-state index >= 15 is 0 Å². The van der Waals surface area contributed by atoms with Crippen LogP contribution in [-0.4, -0.2) is 55.1 Å². The van der Waals surface area contributed by atoms with Crippen molar-refractivity contribution in [2.75, 3.05) is 31.1 Å². The Hall–Kier alpha value is -3.55. The molecule has 194 valence electrons. The molecular weight excluding hydrogens is 456 g/mol. The van der Waals surface area contributed by atoms with Gasteiger partial charge in [-0.1, -0.05) is 39.8 Å². The molecule has 0 aliphatic carbocycles. The summed E-state index contributed by atoms with van der Waals surface area (Å²) in [5, 5.41) is 7.51. The highest BCUT2D eigenvalue weighted by Crippen LogP contribution is 2.25. The Morgan fingerprint density at radius 1 is 1.08 bits per heavy atom. The van der Waals surface area contributed by atoms with Crippen LogP contribution in [0.2, 0.25) is 0 Å². The largest absolute Gasteiger partial charge is 0.489 e. The van der Waals surface area contributed by atoms with Crippen molar-refractivity contribution in [1.82, 2.24) is 4.90 Å². The molecule has 3 rings (SSSR count). The Morgan fingerprint density at radius 2 is 1.69 bits per heavy atom. The van der Waals surface area contributed by atoms with Crippen LogP contribution in [0.4, 0.5) is 10.5 Å². The van der Waals surface area contributed by atoms with Gasteiger partial charge in [-0.05, 0) is 61.1 Å². The summed E-state index contributed by atoms with van der Waals surface area (Å²) in [6.07, 6.45) is 0.936. The number of cyclic esters (lactones) is 1. The van der Waals surface area contributed by atoms with Crippen LogP contribution in [0.15, 0.2) is 48.5 Å². The van der Waals surface area contributed by atoms with Crippen LogP contribution < -0.4 is 15.4 Å². The number of para-hydroxylation sites is 1. The third kappa shape index (κ3) is 7.23. The number of nitrogens with two attached hydrogens (primary N) is 1. The fraction of sp³-hybridized carbons (Fsp3) is 0.464. The van der Waals surface area contributed by atoms with Crippen molar-refractivity contribution >= 4 is 23.5 Å². The molecule has 1 aliphatic rings. The second-order valence-electron chi connectivity index (χ2n) is 10.0. The van der Waals surface area contributed by atoms with Gasteiger partial charge in [0.05, 0.1) is 12.1 Å². The standard InChI is InChI=1S/C28H38N4O4/c1-19(2)13-15-31(16-14-20(3)4)27(33)24-7-5-6-8-25(24)35-18-23-17-32(28(34)36-23)22-11-9-21(10-12-22)26(29)30/h5-12,19-20,23H,13-18H2,1-4H3,(H3,29,30). The lowest BCUT2D eigenvalue weighted by Gasteiger charge is -2.25. The van der Waals surface area contributed by atoms with E-state index < -0.39 is 12.2 Å². The number of carbonyl (C=O) groups excluding carboxylic acids is 2. The van der Waals surface area contributed by atoms with Gasteiger partial charge in [0.1, 0.15) is 18.2 Å². The molecule has 1 atom stereocenters. The van der Waals surface area contributed by atoms with E-state index in [1.54, 1.807) is 36.4 Å². The molecule has 0 radical (unpaired) electrons. The van der Waals surface area contributed by atoms with Gasteiger partial charge in [0, 0.05) is 24.3 Å². The summed E-state index contributed by atoms with van der Waals surface area (Å²) in [6.45, 7) is 10.5. The van der Waals surface area contributed by atoms with Crippen LogP contribution in [0.1, 0.15) is 56.5 Å². The van der Waals surface area contributed by atoms with Gasteiger partial charge in [0.15, 0.2) is 6.10 Å². The number of anilines is 1. The van der Waals surface area contributed by atoms with Gasteiger partial charge in [0.2, 0.25) is 0 Å². The third-order valence-corrected chi connectivity index (χ3v) is 6.15. The van der Waals surface area contributed by atoms with Crippen molar-refractivity contribution in [2.24, 2.45) is 17.6 Å². The van der Waals surface area contributed by atoms with Gasteiger partial charge in [-0.15, -0.1) is 0 Å². The van der Waals surface area contributed by atoms with E-state index in [1.807, 2.05) is 17.0 Å². The highest BCUT2D eigenvalue weighted by molar-refractivity contribution is 5.97. The normalized spacial score (nSPS) is 15.3. The monoisotopic (exact) mass is 494 g/mol. The number of nitrogen functional groups attached to an aromatic ring is 1. The zero-order valence-corrected chi connectivity index (χ0v) is 21.7. The van der Waals surface area contributed by atoms with Crippen molar-refractivity contribution in [2.45, 2.75) is 46.6 Å². The number of amidine groups is 1. The average Bonchev–Trinajstić information content (AvgIpc) is 3.22. The number of benzene rings is 2. The number of hydrogen-bond donors (Lipinski definition) is 2. The van der Waals surface area contributed by atoms with Gasteiger partial charge in [-0.25, -0.2) is 4.79 Å². The van der Waals surface area contributed by atoms with E-state index in [2.05, 4.69) is 27.7 Å². The molecule has 1 unspecified atom stereocenters. The molecule has 2 aromatic rings. The number of nitrogens with one attached hydrogen (secondary N) is 1. The van der Waals surface area contributed by atoms with E-state index in [-0.39, 0.29) is 18.3 Å². The topological polar surface area (TPSA) is 109 Å². The van der Waals surface area contributed by atoms with Crippen LogP contribution in [0.3, 0.4) is 0 Å². The SMILES string of the molecule is CC(C)CCN(CCC(C)C)C(=O)c1ccccc1OCC1CN(c2ccc(C(=N)N)cc2)C(=O)O1. The van der Waals surface area contributed by atoms with Crippen molar-refractivity contribution in [1.29, 1.82) is 5.41 Å². The van der Waals surface area contributed by atoms with Crippen molar-refractivity contribution in [3.63, 3.8) is 0 Å². The zero-order valence-electron chi connectivity index (χ0n) is 21.7. The Labute approximate surface area is 213 Å². The first-order valence-electron chi connectivity index (χ1n) is 12.6. The minimum absolute atomic E-state index is 0.0305. The molecule has 1 heterocycles. The van der Waals surface area contributed by atoms with Crippen LogP contribution >= 0.6 is 0 Å². The number of amides is 2. The molecular formula is C28H38N4O4. The fourth-order valence-corrected chi connectivity index (χ4v) is 3.91. The predicted molar refractivity (Wildman–Crippen MR) is 142 cm³/mol. The number of nitrogens with zero attached hydrogens (tertiary/aromatic N) is 2. The van der Waals surface area contributed by atoms with Crippen LogP contribution in [0, 0.1) is 17.2 Å². The van der Waals surface area contributed by atoms with Crippen LogP contribution in [0.25, 0.3) is 0 Å². The molecule has 0 spiro atoms. The highest BCUT2D eigenvalue weighted by atomic mass is 16.6. The summed E-state index contributed by atoms with van der Waals surface area (Å²) in [7, 11) is 0. The smallest absolute Gasteiger partial charge is 0.414 e. The molecule has 8 nitrogen and oxygen atoms in total. The summed E-state index contributed by atoms with van der Waals surface area (Å²) in [4.78, 5) is 29.4. The lowest BCUT2D eigenvalue weighted by Crippen LogP contribution is -2.34. The number of hydrogen-bond acceptors (Lipinski definition) is 5. The van der Waals surface area contributed by atoms with E-state index in [1.165, 1.54) is 4.90 Å². The van der Waals surface area contributed by atoms with Gasteiger partial charge < -0.3 is 20.1 Å². The lowest BCUT2D eigenvalue weighted by molar-refractivity contribution is 0.0728. The first-order chi connectivity index (χ1) is 17.2. The van der Waals surface area contributed by atoms with Crippen LogP contribution in [0.5, 0.6) is 5.75 Å². The molecule has 1 saturated heterocycles. The fourth-order valence-electron chi connectivity index (χ4n) is 3.91. The summed E-state index contributed by atoms with van der Waals surface area (Å²) in [5.41, 5.74) is 7.27. The maximum absolute atomic E-state index is 13.5. The lowest BCUT2D eigenvalue weighted by atomic mass is 10.1. The molecule has 8 heteroatoms. The van der Waals surface area contributed by atoms with E-state index in [0.29, 0.717) is 54.0 Å². The Bertz CT molecular complexity index is 1040. The second-order valence-corrected chi connectivity index (χ2v) is 10.0. The summed E-state index contributed by atoms with van der Waals surface area (Å²) >= 11 is 0. The molecule has 0 saturated carbocycles. The minimum atomic E-state index is -0.480. The Kier molecular flexibility index (Phi) is 9.33. The predicted octanol–water partition coefficient (Wildman–Crippen LogP) is 4.91. The summed E-state index contributed by atoms with van der Waals surface area (Å²) in [6, 6.07) is 14.1. The maximum Gasteiger partial charge on any atom is 0.414 e. The third-order valence-electron chi connectivity index (χ3n) is 6.15. The molecule has 2 aromatic carbocycles. The second kappa shape index (κ2) is 12.4. The quantitative estimate of drug-likeness (QED) is 0.322. The highest BCUT2D eigenvalue weighted by Gasteiger charge is 2.33. The average molecular weight is 495 g/mol. The van der Waals surface area contributed by atoms with Crippen LogP contribution in [-0.2, 0) is 4.74 Å². The molecule has 36 heavy (non-hydrogen) atoms. The molecule has 1 aliphatic heterocycles. The minimum Gasteiger partial charge on any atom is -0.489 e. The molecule has 0 aromatic heterocycles. The summed E-state index contributed by atoms with van der Waals surface area (Å²) < 4.78 is 11.5. The summed E-state index contributed by atoms with van der Waals surface area (Å²) in [5.74, 6) is 1.43. The van der Waals surface area contributed by atoms with Crippen molar-refractivity contribution < 1.29 is 19.1 Å². The first kappa shape index (κ1) is 27.0. The molecule has 0 bridgehead atoms. The van der Waals surface area contributed by atoms with E-state index in [9.17, 15) is 9.59 Å². The molecule has 3 N–H and O–H groups in total. The maximum atomic E-state index is 13.5. The number of rotatable bonds is 12. The van der Waals surface area contributed by atoms with Crippen molar-refractivity contribution in [3.05, 3.63) is 59.7 Å². The number of carbonyl (C=O) groups is 2. The Morgan fingerprint density at radius 3 is 2.28 bits per heavy atom. The van der Waals surface area contributed by atoms with E-state index in [0.717, 1.165) is 12.8 Å². The van der Waals surface area contributed by atoms with Crippen molar-refractivity contribution in [3.8, 4) is 5.75 Å². The Balaban J connectivity index is 1.66. The van der Waals surface area contributed by atoms with Gasteiger partial charge >= 0.3 is 6.09 Å². The molecule has 2 amide bonds. The van der Waals surface area contributed by atoms with Gasteiger partial charge in [-0.3, -0.25) is 15.1 Å². The van der Waals surface area contributed by atoms with Gasteiger partial charge in [-0.2, -0.15) is 0 Å². The zero-order chi connectivity index (χ0) is 26.2. The van der Waals surface area contributed by atoms with E-state index in [4.69, 9.17) is 20.6 Å². The first-order valence-corrected chi connectivity index (χ1v) is 12.6. The molecule has 1 fully saturated rings. The van der Waals surface area contributed by atoms with Gasteiger partial charge in [0.25, 0.3) is 5.91 Å². The number of ether oxygens (including phenoxy) is 2.